The predicted octanol–water partition coefficient (Wildman–Crippen LogP) is 2.32. The summed E-state index contributed by atoms with van der Waals surface area (Å²) in [5.41, 5.74) is 3.80. The van der Waals surface area contributed by atoms with E-state index in [1.54, 1.807) is 23.3 Å². The highest BCUT2D eigenvalue weighted by Crippen LogP contribution is 2.22. The molecule has 1 N–H and O–H groups in total. The van der Waals surface area contributed by atoms with Crippen LogP contribution in [0, 0.1) is 6.92 Å². The number of rotatable bonds is 3. The van der Waals surface area contributed by atoms with Crippen molar-refractivity contribution in [1.82, 2.24) is 24.7 Å². The zero-order valence-corrected chi connectivity index (χ0v) is 11.3. The Kier molecular flexibility index (Phi) is 3.12. The first kappa shape index (κ1) is 12.3. The topological polar surface area (TPSA) is 68.5 Å². The Morgan fingerprint density at radius 2 is 1.95 bits per heavy atom. The van der Waals surface area contributed by atoms with Crippen molar-refractivity contribution in [2.75, 3.05) is 5.32 Å². The lowest BCUT2D eigenvalue weighted by molar-refractivity contribution is 0.768. The van der Waals surface area contributed by atoms with E-state index in [2.05, 4.69) is 25.4 Å². The maximum Gasteiger partial charge on any atom is 0.227 e. The summed E-state index contributed by atoms with van der Waals surface area (Å²) in [6.07, 6.45) is 8.92. The Morgan fingerprint density at radius 3 is 2.65 bits per heavy atom. The molecule has 0 saturated carbocycles. The van der Waals surface area contributed by atoms with Gasteiger partial charge in [-0.15, -0.1) is 0 Å². The van der Waals surface area contributed by atoms with Crippen LogP contribution < -0.4 is 5.32 Å². The van der Waals surface area contributed by atoms with E-state index in [-0.39, 0.29) is 0 Å². The van der Waals surface area contributed by atoms with Gasteiger partial charge in [-0.1, -0.05) is 0 Å². The lowest BCUT2D eigenvalue weighted by Crippen LogP contribution is -1.99. The molecule has 100 valence electrons. The average Bonchev–Trinajstić information content (AvgIpc) is 2.87. The fraction of sp³-hybridized carbons (Fsp3) is 0.143. The zero-order valence-electron chi connectivity index (χ0n) is 11.3. The Balaban J connectivity index is 1.94. The summed E-state index contributed by atoms with van der Waals surface area (Å²) in [4.78, 5) is 12.9. The van der Waals surface area contributed by atoms with Crippen molar-refractivity contribution in [3.8, 4) is 11.3 Å². The molecule has 3 aromatic rings. The summed E-state index contributed by atoms with van der Waals surface area (Å²) in [6, 6.07) is 3.87. The van der Waals surface area contributed by atoms with Crippen molar-refractivity contribution in [3.63, 3.8) is 0 Å². The third-order valence-corrected chi connectivity index (χ3v) is 2.89. The Labute approximate surface area is 116 Å². The SMILES string of the molecule is Cc1cnc(Nc2cnn(C)c2)nc1-c1ccncc1. The van der Waals surface area contributed by atoms with Gasteiger partial charge in [-0.25, -0.2) is 9.97 Å². The smallest absolute Gasteiger partial charge is 0.227 e. The fourth-order valence-corrected chi connectivity index (χ4v) is 1.92. The minimum Gasteiger partial charge on any atom is -0.321 e. The van der Waals surface area contributed by atoms with Crippen LogP contribution >= 0.6 is 0 Å². The molecule has 0 bridgehead atoms. The quantitative estimate of drug-likeness (QED) is 0.788. The van der Waals surface area contributed by atoms with E-state index in [0.717, 1.165) is 22.5 Å². The molecule has 0 fully saturated rings. The highest BCUT2D eigenvalue weighted by molar-refractivity contribution is 5.64. The van der Waals surface area contributed by atoms with Gasteiger partial charge in [0.1, 0.15) is 0 Å². The Hall–Kier alpha value is -2.76. The van der Waals surface area contributed by atoms with E-state index in [0.29, 0.717) is 5.95 Å². The standard InChI is InChI=1S/C14H14N6/c1-10-7-16-14(18-12-8-17-20(2)9-12)19-13(10)11-3-5-15-6-4-11/h3-9H,1-2H3,(H,16,18,19). The van der Waals surface area contributed by atoms with Crippen molar-refractivity contribution >= 4 is 11.6 Å². The molecule has 0 aliphatic rings. The number of pyridine rings is 1. The number of hydrogen-bond acceptors (Lipinski definition) is 5. The van der Waals surface area contributed by atoms with Crippen LogP contribution in [0.3, 0.4) is 0 Å². The molecular weight excluding hydrogens is 252 g/mol. The van der Waals surface area contributed by atoms with Crippen LogP contribution in [0.25, 0.3) is 11.3 Å². The molecule has 6 heteroatoms. The largest absolute Gasteiger partial charge is 0.321 e. The van der Waals surface area contributed by atoms with E-state index in [1.807, 2.05) is 38.5 Å². The summed E-state index contributed by atoms with van der Waals surface area (Å²) in [7, 11) is 1.86. The minimum atomic E-state index is 0.551. The maximum atomic E-state index is 4.56. The monoisotopic (exact) mass is 266 g/mol. The molecule has 0 unspecified atom stereocenters. The highest BCUT2D eigenvalue weighted by Gasteiger charge is 2.07. The molecule has 0 atom stereocenters. The van der Waals surface area contributed by atoms with Gasteiger partial charge in [0.15, 0.2) is 0 Å². The maximum absolute atomic E-state index is 4.56. The summed E-state index contributed by atoms with van der Waals surface area (Å²) in [5.74, 6) is 0.551. The van der Waals surface area contributed by atoms with Gasteiger partial charge in [-0.05, 0) is 24.6 Å². The van der Waals surface area contributed by atoms with Crippen LogP contribution in [0.2, 0.25) is 0 Å². The molecule has 0 aliphatic heterocycles. The normalized spacial score (nSPS) is 10.5. The lowest BCUT2D eigenvalue weighted by Gasteiger charge is -2.07. The first-order valence-corrected chi connectivity index (χ1v) is 6.22. The molecule has 20 heavy (non-hydrogen) atoms. The second-order valence-electron chi connectivity index (χ2n) is 4.49. The van der Waals surface area contributed by atoms with Crippen molar-refractivity contribution in [2.24, 2.45) is 7.05 Å². The summed E-state index contributed by atoms with van der Waals surface area (Å²) >= 11 is 0. The van der Waals surface area contributed by atoms with E-state index >= 15 is 0 Å². The molecule has 0 amide bonds. The van der Waals surface area contributed by atoms with E-state index < -0.39 is 0 Å². The number of hydrogen-bond donors (Lipinski definition) is 1. The van der Waals surface area contributed by atoms with Gasteiger partial charge < -0.3 is 5.32 Å². The number of anilines is 2. The molecule has 0 spiro atoms. The van der Waals surface area contributed by atoms with Crippen molar-refractivity contribution in [1.29, 1.82) is 0 Å². The highest BCUT2D eigenvalue weighted by atomic mass is 15.3. The minimum absolute atomic E-state index is 0.551. The van der Waals surface area contributed by atoms with Crippen LogP contribution in [0.15, 0.2) is 43.1 Å². The van der Waals surface area contributed by atoms with Crippen LogP contribution in [0.1, 0.15) is 5.56 Å². The molecule has 0 saturated heterocycles. The molecule has 3 rings (SSSR count). The van der Waals surface area contributed by atoms with Crippen LogP contribution in [-0.4, -0.2) is 24.7 Å². The van der Waals surface area contributed by atoms with Crippen molar-refractivity contribution < 1.29 is 0 Å². The lowest BCUT2D eigenvalue weighted by atomic mass is 10.1. The van der Waals surface area contributed by atoms with E-state index in [4.69, 9.17) is 0 Å². The Morgan fingerprint density at radius 1 is 1.15 bits per heavy atom. The Bertz CT molecular complexity index is 720. The van der Waals surface area contributed by atoms with Gasteiger partial charge in [-0.2, -0.15) is 5.10 Å². The summed E-state index contributed by atoms with van der Waals surface area (Å²) in [5, 5.41) is 7.24. The molecule has 0 aliphatic carbocycles. The molecule has 0 radical (unpaired) electrons. The van der Waals surface area contributed by atoms with Crippen LogP contribution in [0.5, 0.6) is 0 Å². The molecular formula is C14H14N6. The average molecular weight is 266 g/mol. The van der Waals surface area contributed by atoms with Gasteiger partial charge in [0, 0.05) is 37.4 Å². The summed E-state index contributed by atoms with van der Waals surface area (Å²) < 4.78 is 1.72. The van der Waals surface area contributed by atoms with Crippen LogP contribution in [-0.2, 0) is 7.05 Å². The first-order valence-electron chi connectivity index (χ1n) is 6.22. The van der Waals surface area contributed by atoms with Gasteiger partial charge in [0.25, 0.3) is 0 Å². The number of aromatic nitrogens is 5. The van der Waals surface area contributed by atoms with Gasteiger partial charge in [-0.3, -0.25) is 9.67 Å². The number of nitrogens with zero attached hydrogens (tertiary/aromatic N) is 5. The number of aryl methyl sites for hydroxylation is 2. The number of nitrogens with one attached hydrogen (secondary N) is 1. The van der Waals surface area contributed by atoms with Crippen molar-refractivity contribution in [3.05, 3.63) is 48.7 Å². The van der Waals surface area contributed by atoms with Gasteiger partial charge in [0.2, 0.25) is 5.95 Å². The third kappa shape index (κ3) is 2.49. The van der Waals surface area contributed by atoms with E-state index in [9.17, 15) is 0 Å². The molecule has 3 heterocycles. The van der Waals surface area contributed by atoms with E-state index in [1.165, 1.54) is 0 Å². The summed E-state index contributed by atoms with van der Waals surface area (Å²) in [6.45, 7) is 1.99. The second-order valence-corrected chi connectivity index (χ2v) is 4.49. The predicted molar refractivity (Wildman–Crippen MR) is 76.5 cm³/mol. The van der Waals surface area contributed by atoms with Crippen molar-refractivity contribution in [2.45, 2.75) is 6.92 Å². The van der Waals surface area contributed by atoms with Crippen LogP contribution in [0.4, 0.5) is 11.6 Å². The third-order valence-electron chi connectivity index (χ3n) is 2.89. The zero-order chi connectivity index (χ0) is 13.9. The fourth-order valence-electron chi connectivity index (χ4n) is 1.92. The van der Waals surface area contributed by atoms with Gasteiger partial charge >= 0.3 is 0 Å². The molecule has 3 aromatic heterocycles. The second kappa shape index (κ2) is 5.08. The molecule has 0 aromatic carbocycles. The first-order chi connectivity index (χ1) is 9.72. The molecule has 6 nitrogen and oxygen atoms in total. The van der Waals surface area contributed by atoms with Gasteiger partial charge in [0.05, 0.1) is 17.6 Å².